The summed E-state index contributed by atoms with van der Waals surface area (Å²) >= 11 is 0. The molecule has 32 heavy (non-hydrogen) atoms. The number of nitrogens with zero attached hydrogens (tertiary/aromatic N) is 1. The lowest BCUT2D eigenvalue weighted by atomic mass is 9.99. The summed E-state index contributed by atoms with van der Waals surface area (Å²) in [6.07, 6.45) is 7.98. The van der Waals surface area contributed by atoms with E-state index in [4.69, 9.17) is 4.74 Å². The van der Waals surface area contributed by atoms with Crippen molar-refractivity contribution in [2.75, 3.05) is 17.1 Å². The molecule has 6 nitrogen and oxygen atoms in total. The highest BCUT2D eigenvalue weighted by molar-refractivity contribution is 7.92. The van der Waals surface area contributed by atoms with Gasteiger partial charge < -0.3 is 10.1 Å². The first kappa shape index (κ1) is 23.9. The van der Waals surface area contributed by atoms with Crippen LogP contribution in [0.25, 0.3) is 0 Å². The highest BCUT2D eigenvalue weighted by atomic mass is 32.2. The first-order chi connectivity index (χ1) is 15.2. The molecule has 172 valence electrons. The van der Waals surface area contributed by atoms with E-state index in [2.05, 4.69) is 11.4 Å². The smallest absolute Gasteiger partial charge is 0.251 e. The molecule has 3 rings (SSSR count). The average Bonchev–Trinajstić information content (AvgIpc) is 2.76. The van der Waals surface area contributed by atoms with Gasteiger partial charge in [-0.25, -0.2) is 8.42 Å². The Bertz CT molecular complexity index is 1040. The number of nitrogens with one attached hydrogen (secondary N) is 1. The Morgan fingerprint density at radius 2 is 1.75 bits per heavy atom. The van der Waals surface area contributed by atoms with Gasteiger partial charge >= 0.3 is 0 Å². The van der Waals surface area contributed by atoms with Gasteiger partial charge in [0.15, 0.2) is 0 Å². The summed E-state index contributed by atoms with van der Waals surface area (Å²) < 4.78 is 31.9. The maximum absolute atomic E-state index is 12.5. The molecule has 0 bridgehead atoms. The molecule has 7 heteroatoms. The molecule has 0 fully saturated rings. The van der Waals surface area contributed by atoms with Gasteiger partial charge in [-0.15, -0.1) is 0 Å². The van der Waals surface area contributed by atoms with Gasteiger partial charge in [0.25, 0.3) is 5.91 Å². The van der Waals surface area contributed by atoms with Crippen molar-refractivity contribution in [2.45, 2.75) is 52.2 Å². The maximum atomic E-state index is 12.5. The number of hydrogen-bond donors (Lipinski definition) is 1. The number of sulfonamides is 1. The second kappa shape index (κ2) is 10.7. The van der Waals surface area contributed by atoms with Gasteiger partial charge in [0.2, 0.25) is 10.0 Å². The summed E-state index contributed by atoms with van der Waals surface area (Å²) in [4.78, 5) is 12.5. The van der Waals surface area contributed by atoms with Gasteiger partial charge in [-0.2, -0.15) is 0 Å². The van der Waals surface area contributed by atoms with Crippen molar-refractivity contribution in [3.8, 4) is 5.75 Å². The fourth-order valence-corrected chi connectivity index (χ4v) is 4.54. The largest absolute Gasteiger partial charge is 0.491 e. The zero-order chi connectivity index (χ0) is 23.1. The number of carbonyl (C=O) groups excluding carboxylic acids is 1. The molecule has 0 aromatic heterocycles. The zero-order valence-electron chi connectivity index (χ0n) is 19.0. The summed E-state index contributed by atoms with van der Waals surface area (Å²) in [5.41, 5.74) is 3.21. The molecule has 0 aliphatic heterocycles. The fourth-order valence-electron chi connectivity index (χ4n) is 3.65. The van der Waals surface area contributed by atoms with Crippen molar-refractivity contribution in [3.05, 3.63) is 71.3 Å². The van der Waals surface area contributed by atoms with Gasteiger partial charge in [-0.1, -0.05) is 23.8 Å². The highest BCUT2D eigenvalue weighted by Gasteiger charge is 2.18. The normalized spacial score (nSPS) is 14.1. The quantitative estimate of drug-likeness (QED) is 0.557. The van der Waals surface area contributed by atoms with Crippen LogP contribution < -0.4 is 14.4 Å². The molecule has 0 atom stereocenters. The molecular weight excluding hydrogens is 424 g/mol. The summed E-state index contributed by atoms with van der Waals surface area (Å²) in [5.74, 6) is 0.570. The van der Waals surface area contributed by atoms with E-state index < -0.39 is 10.0 Å². The van der Waals surface area contributed by atoms with E-state index in [0.717, 1.165) is 18.4 Å². The number of allylic oxidation sites excluding steroid dienone is 1. The number of benzene rings is 2. The van der Waals surface area contributed by atoms with Gasteiger partial charge in [0.05, 0.1) is 24.6 Å². The molecule has 0 saturated heterocycles. The first-order valence-corrected chi connectivity index (χ1v) is 12.9. The van der Waals surface area contributed by atoms with Crippen LogP contribution in [0.4, 0.5) is 5.69 Å². The molecule has 1 amide bonds. The van der Waals surface area contributed by atoms with E-state index in [1.165, 1.54) is 29.0 Å². The third kappa shape index (κ3) is 6.85. The number of ether oxygens (including phenoxy) is 1. The second-order valence-corrected chi connectivity index (χ2v) is 10.3. The van der Waals surface area contributed by atoms with Gasteiger partial charge in [0.1, 0.15) is 5.75 Å². The SMILES string of the molecule is CC(C)Oc1ccc(N(Cc2ccc(C(=O)NCC3=CCCCC3)cc2)S(C)(=O)=O)cc1. The van der Waals surface area contributed by atoms with Crippen molar-refractivity contribution in [3.63, 3.8) is 0 Å². The Morgan fingerprint density at radius 3 is 2.31 bits per heavy atom. The Morgan fingerprint density at radius 1 is 1.06 bits per heavy atom. The van der Waals surface area contributed by atoms with Crippen LogP contribution in [0.15, 0.2) is 60.2 Å². The number of anilines is 1. The van der Waals surface area contributed by atoms with E-state index in [0.29, 0.717) is 23.5 Å². The highest BCUT2D eigenvalue weighted by Crippen LogP contribution is 2.24. The molecule has 1 N–H and O–H groups in total. The number of rotatable bonds is 9. The van der Waals surface area contributed by atoms with Crippen LogP contribution in [0.5, 0.6) is 5.75 Å². The van der Waals surface area contributed by atoms with E-state index in [-0.39, 0.29) is 18.6 Å². The maximum Gasteiger partial charge on any atom is 0.251 e. The van der Waals surface area contributed by atoms with Crippen LogP contribution in [-0.2, 0) is 16.6 Å². The minimum atomic E-state index is -3.49. The monoisotopic (exact) mass is 456 g/mol. The molecular formula is C25H32N2O4S. The summed E-state index contributed by atoms with van der Waals surface area (Å²) in [5, 5.41) is 2.97. The Kier molecular flexibility index (Phi) is 7.96. The summed E-state index contributed by atoms with van der Waals surface area (Å²) in [6, 6.07) is 14.1. The zero-order valence-corrected chi connectivity index (χ0v) is 19.8. The molecule has 2 aromatic rings. The standard InChI is InChI=1S/C25H32N2O4S/c1-19(2)31-24-15-13-23(14-16-24)27(32(3,29)30)18-21-9-11-22(12-10-21)25(28)26-17-20-7-5-4-6-8-20/h7,9-16,19H,4-6,8,17-18H2,1-3H3,(H,26,28). The predicted octanol–water partition coefficient (Wildman–Crippen LogP) is 4.67. The molecule has 1 aliphatic rings. The van der Waals surface area contributed by atoms with Gasteiger partial charge in [0, 0.05) is 12.1 Å². The van der Waals surface area contributed by atoms with E-state index in [1.54, 1.807) is 48.5 Å². The minimum absolute atomic E-state index is 0.0435. The van der Waals surface area contributed by atoms with Crippen LogP contribution in [0.2, 0.25) is 0 Å². The lowest BCUT2D eigenvalue weighted by Gasteiger charge is -2.23. The molecule has 0 radical (unpaired) electrons. The third-order valence-corrected chi connectivity index (χ3v) is 6.44. The number of hydrogen-bond acceptors (Lipinski definition) is 4. The van der Waals surface area contributed by atoms with E-state index in [9.17, 15) is 13.2 Å². The molecule has 0 saturated carbocycles. The first-order valence-electron chi connectivity index (χ1n) is 11.0. The summed E-state index contributed by atoms with van der Waals surface area (Å²) in [7, 11) is -3.49. The van der Waals surface area contributed by atoms with Crippen LogP contribution in [0, 0.1) is 0 Å². The van der Waals surface area contributed by atoms with Crippen LogP contribution in [0.3, 0.4) is 0 Å². The van der Waals surface area contributed by atoms with Crippen LogP contribution in [0.1, 0.15) is 55.5 Å². The van der Waals surface area contributed by atoms with E-state index >= 15 is 0 Å². The topological polar surface area (TPSA) is 75.7 Å². The summed E-state index contributed by atoms with van der Waals surface area (Å²) in [6.45, 7) is 4.64. The Balaban J connectivity index is 1.66. The second-order valence-electron chi connectivity index (χ2n) is 8.42. The lowest BCUT2D eigenvalue weighted by Crippen LogP contribution is -2.29. The van der Waals surface area contributed by atoms with Crippen molar-refractivity contribution >= 4 is 21.6 Å². The van der Waals surface area contributed by atoms with Crippen LogP contribution >= 0.6 is 0 Å². The molecule has 0 spiro atoms. The molecule has 2 aromatic carbocycles. The van der Waals surface area contributed by atoms with Crippen molar-refractivity contribution in [2.24, 2.45) is 0 Å². The average molecular weight is 457 g/mol. The number of amides is 1. The molecule has 0 heterocycles. The molecule has 1 aliphatic carbocycles. The van der Waals surface area contributed by atoms with Crippen molar-refractivity contribution in [1.29, 1.82) is 0 Å². The number of carbonyl (C=O) groups is 1. The Hall–Kier alpha value is -2.80. The lowest BCUT2D eigenvalue weighted by molar-refractivity contribution is 0.0956. The van der Waals surface area contributed by atoms with Crippen molar-refractivity contribution in [1.82, 2.24) is 5.32 Å². The van der Waals surface area contributed by atoms with Crippen molar-refractivity contribution < 1.29 is 17.9 Å². The third-order valence-electron chi connectivity index (χ3n) is 5.30. The van der Waals surface area contributed by atoms with E-state index in [1.807, 2.05) is 13.8 Å². The predicted molar refractivity (Wildman–Crippen MR) is 129 cm³/mol. The molecule has 0 unspecified atom stereocenters. The minimum Gasteiger partial charge on any atom is -0.491 e. The van der Waals surface area contributed by atoms with Crippen LogP contribution in [-0.4, -0.2) is 33.2 Å². The van der Waals surface area contributed by atoms with Gasteiger partial charge in [-0.3, -0.25) is 9.10 Å². The van der Waals surface area contributed by atoms with Gasteiger partial charge in [-0.05, 0) is 81.5 Å². The Labute approximate surface area is 191 Å². The fraction of sp³-hybridized carbons (Fsp3) is 0.400.